The smallest absolute Gasteiger partial charge is 0.174 e. The summed E-state index contributed by atoms with van der Waals surface area (Å²) in [5.41, 5.74) is 0.585. The topological polar surface area (TPSA) is 55.0 Å². The number of imidazole rings is 1. The molecule has 1 heterocycles. The Hall–Kier alpha value is -2.10. The van der Waals surface area contributed by atoms with E-state index in [4.69, 9.17) is 4.74 Å². The molecule has 0 spiro atoms. The molecule has 0 unspecified atom stereocenters. The molecule has 2 rings (SSSR count). The van der Waals surface area contributed by atoms with Gasteiger partial charge in [0.2, 0.25) is 0 Å². The van der Waals surface area contributed by atoms with E-state index in [9.17, 15) is 4.79 Å². The van der Waals surface area contributed by atoms with E-state index in [1.54, 1.807) is 31.6 Å². The van der Waals surface area contributed by atoms with Crippen LogP contribution < -0.4 is 4.74 Å². The quantitative estimate of drug-likeness (QED) is 0.793. The van der Waals surface area contributed by atoms with Crippen LogP contribution in [0, 0.1) is 0 Å². The van der Waals surface area contributed by atoms with Gasteiger partial charge < -0.3 is 9.72 Å². The summed E-state index contributed by atoms with van der Waals surface area (Å²) in [7, 11) is 1.55. The van der Waals surface area contributed by atoms with Gasteiger partial charge in [-0.2, -0.15) is 0 Å². The maximum Gasteiger partial charge on any atom is 0.174 e. The SMILES string of the molecule is COc1ccccc1C(=O)Cc1ncc[nH]1. The number of ether oxygens (including phenoxy) is 1. The minimum Gasteiger partial charge on any atom is -0.496 e. The van der Waals surface area contributed by atoms with Crippen LogP contribution in [0.25, 0.3) is 0 Å². The van der Waals surface area contributed by atoms with Gasteiger partial charge in [0.15, 0.2) is 5.78 Å². The zero-order valence-electron chi connectivity index (χ0n) is 8.93. The number of hydrogen-bond acceptors (Lipinski definition) is 3. The van der Waals surface area contributed by atoms with Gasteiger partial charge in [0, 0.05) is 12.4 Å². The largest absolute Gasteiger partial charge is 0.496 e. The Bertz CT molecular complexity index is 478. The number of methoxy groups -OCH3 is 1. The first-order valence-electron chi connectivity index (χ1n) is 4.95. The number of hydrogen-bond donors (Lipinski definition) is 1. The lowest BCUT2D eigenvalue weighted by molar-refractivity contribution is 0.0988. The van der Waals surface area contributed by atoms with Crippen molar-refractivity contribution in [2.45, 2.75) is 6.42 Å². The fourth-order valence-electron chi connectivity index (χ4n) is 1.52. The van der Waals surface area contributed by atoms with Gasteiger partial charge in [-0.15, -0.1) is 0 Å². The first kappa shape index (κ1) is 10.4. The summed E-state index contributed by atoms with van der Waals surface area (Å²) >= 11 is 0. The van der Waals surface area contributed by atoms with Gasteiger partial charge in [-0.3, -0.25) is 4.79 Å². The van der Waals surface area contributed by atoms with Gasteiger partial charge in [-0.25, -0.2) is 4.98 Å². The maximum atomic E-state index is 12.0. The Labute approximate surface area is 93.3 Å². The molecule has 0 radical (unpaired) electrons. The summed E-state index contributed by atoms with van der Waals surface area (Å²) in [6.07, 6.45) is 3.59. The van der Waals surface area contributed by atoms with Crippen LogP contribution in [0.5, 0.6) is 5.75 Å². The fraction of sp³-hybridized carbons (Fsp3) is 0.167. The standard InChI is InChI=1S/C12H12N2O2/c1-16-11-5-3-2-4-9(11)10(15)8-12-13-6-7-14-12/h2-7H,8H2,1H3,(H,13,14). The van der Waals surface area contributed by atoms with Crippen LogP contribution in [-0.2, 0) is 6.42 Å². The summed E-state index contributed by atoms with van der Waals surface area (Å²) in [5, 5.41) is 0. The lowest BCUT2D eigenvalue weighted by Crippen LogP contribution is -2.06. The van der Waals surface area contributed by atoms with Crippen molar-refractivity contribution in [3.63, 3.8) is 0 Å². The van der Waals surface area contributed by atoms with E-state index in [1.807, 2.05) is 12.1 Å². The van der Waals surface area contributed by atoms with Gasteiger partial charge >= 0.3 is 0 Å². The minimum atomic E-state index is -0.00704. The summed E-state index contributed by atoms with van der Waals surface area (Å²) in [6.45, 7) is 0. The molecule has 1 aromatic carbocycles. The second kappa shape index (κ2) is 4.61. The molecular weight excluding hydrogens is 204 g/mol. The molecule has 4 heteroatoms. The normalized spacial score (nSPS) is 10.1. The first-order chi connectivity index (χ1) is 7.81. The van der Waals surface area contributed by atoms with Crippen molar-refractivity contribution in [2.75, 3.05) is 7.11 Å². The third-order valence-corrected chi connectivity index (χ3v) is 2.29. The number of nitrogens with zero attached hydrogens (tertiary/aromatic N) is 1. The van der Waals surface area contributed by atoms with Gasteiger partial charge in [0.25, 0.3) is 0 Å². The zero-order valence-corrected chi connectivity index (χ0v) is 8.93. The first-order valence-corrected chi connectivity index (χ1v) is 4.95. The third-order valence-electron chi connectivity index (χ3n) is 2.29. The van der Waals surface area contributed by atoms with Crippen molar-refractivity contribution in [3.8, 4) is 5.75 Å². The predicted octanol–water partition coefficient (Wildman–Crippen LogP) is 1.84. The Kier molecular flexibility index (Phi) is 3.00. The molecule has 0 aliphatic rings. The predicted molar refractivity (Wildman–Crippen MR) is 59.6 cm³/mol. The molecule has 0 saturated heterocycles. The van der Waals surface area contributed by atoms with Crippen molar-refractivity contribution >= 4 is 5.78 Å². The molecule has 2 aromatic rings. The molecule has 4 nitrogen and oxygen atoms in total. The molecule has 1 aromatic heterocycles. The molecule has 82 valence electrons. The molecule has 16 heavy (non-hydrogen) atoms. The van der Waals surface area contributed by atoms with E-state index in [-0.39, 0.29) is 12.2 Å². The molecule has 0 atom stereocenters. The summed E-state index contributed by atoms with van der Waals surface area (Å²) in [4.78, 5) is 18.9. The van der Waals surface area contributed by atoms with Crippen LogP contribution >= 0.6 is 0 Å². The summed E-state index contributed by atoms with van der Waals surface area (Å²) in [5.74, 6) is 1.25. The third kappa shape index (κ3) is 2.11. The lowest BCUT2D eigenvalue weighted by Gasteiger charge is -2.05. The highest BCUT2D eigenvalue weighted by Gasteiger charge is 2.12. The Morgan fingerprint density at radius 3 is 2.94 bits per heavy atom. The van der Waals surface area contributed by atoms with Crippen LogP contribution in [0.15, 0.2) is 36.7 Å². The number of aromatic amines is 1. The summed E-state index contributed by atoms with van der Waals surface area (Å²) in [6, 6.07) is 7.18. The second-order valence-electron chi connectivity index (χ2n) is 3.34. The van der Waals surface area contributed by atoms with E-state index in [0.717, 1.165) is 0 Å². The molecule has 0 amide bonds. The highest BCUT2D eigenvalue weighted by Crippen LogP contribution is 2.18. The van der Waals surface area contributed by atoms with Gasteiger partial charge in [0.05, 0.1) is 19.1 Å². The van der Waals surface area contributed by atoms with Crippen molar-refractivity contribution in [1.29, 1.82) is 0 Å². The number of benzene rings is 1. The van der Waals surface area contributed by atoms with Crippen LogP contribution in [0.1, 0.15) is 16.2 Å². The number of nitrogens with one attached hydrogen (secondary N) is 1. The van der Waals surface area contributed by atoms with E-state index >= 15 is 0 Å². The van der Waals surface area contributed by atoms with Crippen LogP contribution in [0.4, 0.5) is 0 Å². The molecule has 1 N–H and O–H groups in total. The number of para-hydroxylation sites is 1. The minimum absolute atomic E-state index is 0.00704. The Morgan fingerprint density at radius 1 is 1.44 bits per heavy atom. The number of carbonyl (C=O) groups excluding carboxylic acids is 1. The second-order valence-corrected chi connectivity index (χ2v) is 3.34. The monoisotopic (exact) mass is 216 g/mol. The van der Waals surface area contributed by atoms with E-state index in [0.29, 0.717) is 17.1 Å². The van der Waals surface area contributed by atoms with E-state index < -0.39 is 0 Å². The molecule has 0 fully saturated rings. The lowest BCUT2D eigenvalue weighted by atomic mass is 10.1. The van der Waals surface area contributed by atoms with Gasteiger partial charge in [0.1, 0.15) is 11.6 Å². The number of H-pyrrole nitrogens is 1. The number of aromatic nitrogens is 2. The molecule has 0 saturated carbocycles. The highest BCUT2D eigenvalue weighted by molar-refractivity contribution is 5.99. The van der Waals surface area contributed by atoms with E-state index in [2.05, 4.69) is 9.97 Å². The molecule has 0 aliphatic carbocycles. The maximum absolute atomic E-state index is 12.0. The Balaban J connectivity index is 2.21. The zero-order chi connectivity index (χ0) is 11.4. The van der Waals surface area contributed by atoms with Crippen LogP contribution in [-0.4, -0.2) is 22.9 Å². The average Bonchev–Trinajstić information content (AvgIpc) is 2.81. The number of rotatable bonds is 4. The summed E-state index contributed by atoms with van der Waals surface area (Å²) < 4.78 is 5.13. The molecule has 0 aliphatic heterocycles. The molecule has 0 bridgehead atoms. The van der Waals surface area contributed by atoms with Crippen LogP contribution in [0.3, 0.4) is 0 Å². The van der Waals surface area contributed by atoms with Crippen LogP contribution in [0.2, 0.25) is 0 Å². The van der Waals surface area contributed by atoms with Crippen molar-refractivity contribution in [2.24, 2.45) is 0 Å². The van der Waals surface area contributed by atoms with Crippen molar-refractivity contribution in [3.05, 3.63) is 48.0 Å². The van der Waals surface area contributed by atoms with E-state index in [1.165, 1.54) is 0 Å². The number of Topliss-reactive ketones (excluding diaryl/α,β-unsaturated/α-hetero) is 1. The number of carbonyl (C=O) groups is 1. The molecular formula is C12H12N2O2. The van der Waals surface area contributed by atoms with Crippen molar-refractivity contribution in [1.82, 2.24) is 9.97 Å². The van der Waals surface area contributed by atoms with Crippen molar-refractivity contribution < 1.29 is 9.53 Å². The number of ketones is 1. The highest BCUT2D eigenvalue weighted by atomic mass is 16.5. The Morgan fingerprint density at radius 2 is 2.25 bits per heavy atom. The average molecular weight is 216 g/mol. The fourth-order valence-corrected chi connectivity index (χ4v) is 1.52. The van der Waals surface area contributed by atoms with Gasteiger partial charge in [-0.1, -0.05) is 12.1 Å². The van der Waals surface area contributed by atoms with Gasteiger partial charge in [-0.05, 0) is 12.1 Å².